The lowest BCUT2D eigenvalue weighted by Crippen LogP contribution is -2.33. The molecule has 2 N–H and O–H groups in total. The van der Waals surface area contributed by atoms with Crippen LogP contribution in [0.2, 0.25) is 5.02 Å². The molecule has 0 unspecified atom stereocenters. The Morgan fingerprint density at radius 1 is 1.11 bits per heavy atom. The number of anilines is 2. The van der Waals surface area contributed by atoms with E-state index < -0.39 is 33.8 Å². The van der Waals surface area contributed by atoms with Crippen molar-refractivity contribution in [2.75, 3.05) is 29.6 Å². The number of amides is 1. The first-order valence-corrected chi connectivity index (χ1v) is 14.8. The Balaban J connectivity index is 1.92. The van der Waals surface area contributed by atoms with E-state index in [0.29, 0.717) is 17.0 Å². The zero-order valence-corrected chi connectivity index (χ0v) is 24.0. The van der Waals surface area contributed by atoms with Crippen molar-refractivity contribution in [2.45, 2.75) is 65.3 Å². The lowest BCUT2D eigenvalue weighted by molar-refractivity contribution is 0.00706. The zero-order valence-electron chi connectivity index (χ0n) is 22.5. The van der Waals surface area contributed by atoms with Crippen molar-refractivity contribution in [3.05, 3.63) is 58.1 Å². The number of nitrogens with one attached hydrogen (secondary N) is 2. The summed E-state index contributed by atoms with van der Waals surface area (Å²) in [6, 6.07) is 10.3. The van der Waals surface area contributed by atoms with E-state index >= 15 is 0 Å². The van der Waals surface area contributed by atoms with Crippen LogP contribution in [-0.4, -0.2) is 51.5 Å². The van der Waals surface area contributed by atoms with E-state index in [-0.39, 0.29) is 23.4 Å². The van der Waals surface area contributed by atoms with Crippen LogP contribution in [0, 0.1) is 0 Å². The third kappa shape index (κ3) is 8.42. The second kappa shape index (κ2) is 12.5. The first-order valence-electron chi connectivity index (χ1n) is 12.6. The van der Waals surface area contributed by atoms with E-state index in [9.17, 15) is 18.0 Å². The Hall–Kier alpha value is -2.66. The number of carbonyl (C=O) groups excluding carboxylic acids is 2. The molecular formula is C27H36ClN3O6S. The van der Waals surface area contributed by atoms with Gasteiger partial charge in [0.1, 0.15) is 11.8 Å². The number of hydrogen-bond donors (Lipinski definition) is 2. The van der Waals surface area contributed by atoms with Crippen LogP contribution >= 0.6 is 11.6 Å². The van der Waals surface area contributed by atoms with Gasteiger partial charge in [0.2, 0.25) is 0 Å². The third-order valence-corrected chi connectivity index (χ3v) is 6.75. The summed E-state index contributed by atoms with van der Waals surface area (Å²) in [4.78, 5) is 28.7. The number of rotatable bonds is 10. The molecule has 2 aromatic rings. The van der Waals surface area contributed by atoms with E-state index in [4.69, 9.17) is 20.5 Å². The largest absolute Gasteiger partial charge is 0.456 e. The summed E-state index contributed by atoms with van der Waals surface area (Å²) in [5, 5.41) is 6.17. The number of halogens is 1. The molecule has 1 saturated heterocycles. The van der Waals surface area contributed by atoms with Crippen LogP contribution in [0.1, 0.15) is 73.2 Å². The highest BCUT2D eigenvalue weighted by Crippen LogP contribution is 2.29. The summed E-state index contributed by atoms with van der Waals surface area (Å²) >= 11 is 6.52. The minimum absolute atomic E-state index is 0.113. The first kappa shape index (κ1) is 29.9. The third-order valence-electron chi connectivity index (χ3n) is 5.86. The van der Waals surface area contributed by atoms with Gasteiger partial charge in [0.15, 0.2) is 0 Å². The number of hydrogen-bond acceptors (Lipinski definition) is 8. The van der Waals surface area contributed by atoms with Gasteiger partial charge in [0.25, 0.3) is 16.0 Å². The Bertz CT molecular complexity index is 1270. The Kier molecular flexibility index (Phi) is 9.80. The molecule has 1 fully saturated rings. The quantitative estimate of drug-likeness (QED) is 0.236. The molecule has 1 aliphatic rings. The second-order valence-electron chi connectivity index (χ2n) is 10.2. The minimum Gasteiger partial charge on any atom is -0.456 e. The molecule has 1 aliphatic heterocycles. The lowest BCUT2D eigenvalue weighted by atomic mass is 10.0. The lowest BCUT2D eigenvalue weighted by Gasteiger charge is -2.23. The van der Waals surface area contributed by atoms with E-state index in [1.807, 2.05) is 6.07 Å². The molecule has 0 spiro atoms. The van der Waals surface area contributed by atoms with E-state index in [2.05, 4.69) is 15.5 Å². The van der Waals surface area contributed by atoms with Crippen molar-refractivity contribution in [1.82, 2.24) is 5.32 Å². The number of ether oxygens (including phenoxy) is 1. The Morgan fingerprint density at radius 3 is 2.37 bits per heavy atom. The minimum atomic E-state index is -3.69. The van der Waals surface area contributed by atoms with Crippen LogP contribution in [0.5, 0.6) is 0 Å². The molecule has 1 heterocycles. The molecule has 1 atom stereocenters. The molecule has 3 rings (SSSR count). The molecule has 0 aromatic heterocycles. The highest BCUT2D eigenvalue weighted by Gasteiger charge is 2.25. The standard InChI is InChI=1S/C27H36ClN3O6S/c1-6-23(37-38(5,34)35)29-17-18-10-9-11-21(26(33)36-27(2,3)4)24(18)30-25(32)20-13-12-19(16-22(20)28)31-14-7-8-15-31/h9-13,16,23,29H,6-8,14-15,17H2,1-5H3,(H,30,32)/t23-/m1/s1. The summed E-state index contributed by atoms with van der Waals surface area (Å²) < 4.78 is 33.8. The van der Waals surface area contributed by atoms with Crippen LogP contribution < -0.4 is 15.5 Å². The monoisotopic (exact) mass is 565 g/mol. The van der Waals surface area contributed by atoms with Crippen molar-refractivity contribution >= 4 is 45.0 Å². The average Bonchev–Trinajstić information content (AvgIpc) is 3.35. The number of nitrogens with zero attached hydrogens (tertiary/aromatic N) is 1. The predicted molar refractivity (Wildman–Crippen MR) is 149 cm³/mol. The van der Waals surface area contributed by atoms with Gasteiger partial charge in [0, 0.05) is 25.3 Å². The highest BCUT2D eigenvalue weighted by atomic mass is 35.5. The fourth-order valence-corrected chi connectivity index (χ4v) is 5.01. The van der Waals surface area contributed by atoms with Crippen LogP contribution in [0.25, 0.3) is 0 Å². The number of para-hydroxylation sites is 1. The van der Waals surface area contributed by atoms with Crippen molar-refractivity contribution in [2.24, 2.45) is 0 Å². The molecule has 11 heteroatoms. The summed E-state index contributed by atoms with van der Waals surface area (Å²) in [5.41, 5.74) is 1.42. The van der Waals surface area contributed by atoms with Crippen molar-refractivity contribution < 1.29 is 26.9 Å². The number of benzene rings is 2. The van der Waals surface area contributed by atoms with Gasteiger partial charge in [-0.15, -0.1) is 0 Å². The topological polar surface area (TPSA) is 114 Å². The maximum atomic E-state index is 13.4. The smallest absolute Gasteiger partial charge is 0.340 e. The number of esters is 1. The van der Waals surface area contributed by atoms with Gasteiger partial charge in [0.05, 0.1) is 28.1 Å². The Morgan fingerprint density at radius 2 is 1.79 bits per heavy atom. The van der Waals surface area contributed by atoms with Gasteiger partial charge in [-0.25, -0.2) is 4.79 Å². The molecular weight excluding hydrogens is 530 g/mol. The van der Waals surface area contributed by atoms with Crippen LogP contribution in [0.15, 0.2) is 36.4 Å². The summed E-state index contributed by atoms with van der Waals surface area (Å²) in [5.74, 6) is -1.09. The molecule has 9 nitrogen and oxygen atoms in total. The molecule has 1 amide bonds. The van der Waals surface area contributed by atoms with Gasteiger partial charge in [-0.3, -0.25) is 14.3 Å². The summed E-state index contributed by atoms with van der Waals surface area (Å²) in [6.45, 7) is 9.05. The van der Waals surface area contributed by atoms with Gasteiger partial charge >= 0.3 is 5.97 Å². The van der Waals surface area contributed by atoms with Gasteiger partial charge in [-0.2, -0.15) is 8.42 Å². The van der Waals surface area contributed by atoms with Gasteiger partial charge < -0.3 is 15.0 Å². The predicted octanol–water partition coefficient (Wildman–Crippen LogP) is 4.95. The van der Waals surface area contributed by atoms with E-state index in [1.54, 1.807) is 58.0 Å². The van der Waals surface area contributed by atoms with Crippen molar-refractivity contribution in [3.8, 4) is 0 Å². The molecule has 0 saturated carbocycles. The summed E-state index contributed by atoms with van der Waals surface area (Å²) in [7, 11) is -3.69. The van der Waals surface area contributed by atoms with Crippen molar-refractivity contribution in [1.29, 1.82) is 0 Å². The van der Waals surface area contributed by atoms with E-state index in [0.717, 1.165) is 37.9 Å². The van der Waals surface area contributed by atoms with E-state index in [1.165, 1.54) is 0 Å². The molecule has 2 aromatic carbocycles. The molecule has 0 bridgehead atoms. The van der Waals surface area contributed by atoms with Gasteiger partial charge in [-0.05, 0) is 69.9 Å². The van der Waals surface area contributed by atoms with Crippen LogP contribution in [0.3, 0.4) is 0 Å². The summed E-state index contributed by atoms with van der Waals surface area (Å²) in [6.07, 6.45) is 2.80. The SMILES string of the molecule is CC[C@H](NCc1cccc(C(=O)OC(C)(C)C)c1NC(=O)c1ccc(N2CCCC2)cc1Cl)OS(C)(=O)=O. The van der Waals surface area contributed by atoms with Crippen LogP contribution in [0.4, 0.5) is 11.4 Å². The maximum absolute atomic E-state index is 13.4. The molecule has 0 radical (unpaired) electrons. The average molecular weight is 566 g/mol. The molecule has 0 aliphatic carbocycles. The fourth-order valence-electron chi connectivity index (χ4n) is 4.12. The number of carbonyl (C=O) groups is 2. The first-order chi connectivity index (χ1) is 17.8. The molecule has 208 valence electrons. The molecule has 38 heavy (non-hydrogen) atoms. The maximum Gasteiger partial charge on any atom is 0.340 e. The highest BCUT2D eigenvalue weighted by molar-refractivity contribution is 7.86. The normalized spacial score (nSPS) is 14.8. The van der Waals surface area contributed by atoms with Gasteiger partial charge in [-0.1, -0.05) is 30.7 Å². The van der Waals surface area contributed by atoms with Crippen molar-refractivity contribution in [3.63, 3.8) is 0 Å². The Labute approximate surface area is 230 Å². The fraction of sp³-hybridized carbons (Fsp3) is 0.481. The van der Waals surface area contributed by atoms with Crippen LogP contribution in [-0.2, 0) is 25.6 Å². The second-order valence-corrected chi connectivity index (χ2v) is 12.2. The zero-order chi connectivity index (χ0) is 28.1.